The first-order chi connectivity index (χ1) is 7.68. The first kappa shape index (κ1) is 13.8. The van der Waals surface area contributed by atoms with Gasteiger partial charge in [0, 0.05) is 6.26 Å². The Morgan fingerprint density at radius 1 is 1.18 bits per heavy atom. The van der Waals surface area contributed by atoms with Crippen molar-refractivity contribution in [1.82, 2.24) is 0 Å². The van der Waals surface area contributed by atoms with Crippen LogP contribution in [0.5, 0.6) is 5.75 Å². The van der Waals surface area contributed by atoms with Crippen LogP contribution < -0.4 is 4.74 Å². The first-order valence-corrected chi connectivity index (χ1v) is 6.57. The van der Waals surface area contributed by atoms with Crippen LogP contribution in [0.25, 0.3) is 0 Å². The molecule has 7 heteroatoms. The van der Waals surface area contributed by atoms with Crippen LogP contribution in [0.4, 0.5) is 13.2 Å². The van der Waals surface area contributed by atoms with E-state index in [1.54, 1.807) is 0 Å². The molecule has 96 valence electrons. The fraction of sp³-hybridized carbons (Fsp3) is 0.400. The van der Waals surface area contributed by atoms with Gasteiger partial charge in [0.15, 0.2) is 9.84 Å². The summed E-state index contributed by atoms with van der Waals surface area (Å²) in [6, 6.07) is 5.23. The Morgan fingerprint density at radius 3 is 2.12 bits per heavy atom. The topological polar surface area (TPSA) is 43.4 Å². The van der Waals surface area contributed by atoms with Crippen LogP contribution in [0.2, 0.25) is 0 Å². The molecule has 0 unspecified atom stereocenters. The van der Waals surface area contributed by atoms with Crippen molar-refractivity contribution in [2.24, 2.45) is 0 Å². The van der Waals surface area contributed by atoms with Crippen LogP contribution in [-0.2, 0) is 9.84 Å². The predicted octanol–water partition coefficient (Wildman–Crippen LogP) is 2.42. The van der Waals surface area contributed by atoms with Crippen molar-refractivity contribution < 1.29 is 26.3 Å². The van der Waals surface area contributed by atoms with Crippen LogP contribution >= 0.6 is 0 Å². The molecule has 0 saturated heterocycles. The zero-order chi connectivity index (χ0) is 13.1. The second kappa shape index (κ2) is 4.95. The number of benzene rings is 1. The van der Waals surface area contributed by atoms with E-state index in [1.807, 2.05) is 0 Å². The van der Waals surface area contributed by atoms with Crippen LogP contribution in [0.15, 0.2) is 29.2 Å². The van der Waals surface area contributed by atoms with Crippen molar-refractivity contribution in [2.45, 2.75) is 17.5 Å². The fourth-order valence-corrected chi connectivity index (χ4v) is 1.70. The van der Waals surface area contributed by atoms with Crippen molar-refractivity contribution in [2.75, 3.05) is 12.9 Å². The molecule has 0 aliphatic rings. The van der Waals surface area contributed by atoms with Gasteiger partial charge in [-0.05, 0) is 24.3 Å². The third-order valence-corrected chi connectivity index (χ3v) is 3.03. The van der Waals surface area contributed by atoms with Crippen molar-refractivity contribution >= 4 is 9.84 Å². The molecule has 0 bridgehead atoms. The molecule has 1 aromatic carbocycles. The Bertz CT molecular complexity index is 463. The molecule has 0 amide bonds. The van der Waals surface area contributed by atoms with Crippen molar-refractivity contribution in [3.05, 3.63) is 24.3 Å². The van der Waals surface area contributed by atoms with Crippen molar-refractivity contribution in [3.8, 4) is 5.75 Å². The van der Waals surface area contributed by atoms with E-state index in [-0.39, 0.29) is 10.6 Å². The lowest BCUT2D eigenvalue weighted by Crippen LogP contribution is -2.13. The molecule has 1 aromatic rings. The largest absolute Gasteiger partial charge is 0.493 e. The smallest absolute Gasteiger partial charge is 0.392 e. The summed E-state index contributed by atoms with van der Waals surface area (Å²) < 4.78 is 62.5. The standard InChI is InChI=1S/C10H11F3O3S/c1-17(14,15)9-4-2-8(3-5-9)16-7-6-10(11,12)13/h2-5H,6-7H2,1H3. The average molecular weight is 268 g/mol. The lowest BCUT2D eigenvalue weighted by atomic mass is 10.3. The van der Waals surface area contributed by atoms with E-state index >= 15 is 0 Å². The summed E-state index contributed by atoms with van der Waals surface area (Å²) in [4.78, 5) is 0.0978. The summed E-state index contributed by atoms with van der Waals surface area (Å²) in [6.07, 6.45) is -4.25. The molecule has 3 nitrogen and oxygen atoms in total. The Morgan fingerprint density at radius 2 is 1.71 bits per heavy atom. The highest BCUT2D eigenvalue weighted by Gasteiger charge is 2.26. The van der Waals surface area contributed by atoms with E-state index in [1.165, 1.54) is 24.3 Å². The van der Waals surface area contributed by atoms with E-state index in [0.29, 0.717) is 0 Å². The van der Waals surface area contributed by atoms with E-state index < -0.39 is 29.0 Å². The number of sulfone groups is 1. The molecule has 0 aliphatic heterocycles. The number of hydrogen-bond donors (Lipinski definition) is 0. The number of ether oxygens (including phenoxy) is 1. The van der Waals surface area contributed by atoms with Gasteiger partial charge < -0.3 is 4.74 Å². The Hall–Kier alpha value is -1.24. The lowest BCUT2D eigenvalue weighted by Gasteiger charge is -2.08. The molecule has 0 spiro atoms. The van der Waals surface area contributed by atoms with Gasteiger partial charge in [0.05, 0.1) is 17.9 Å². The SMILES string of the molecule is CS(=O)(=O)c1ccc(OCCC(F)(F)F)cc1. The minimum Gasteiger partial charge on any atom is -0.493 e. The van der Waals surface area contributed by atoms with Gasteiger partial charge in [0.2, 0.25) is 0 Å². The second-order valence-electron chi connectivity index (χ2n) is 3.46. The molecule has 0 heterocycles. The van der Waals surface area contributed by atoms with Gasteiger partial charge in [-0.3, -0.25) is 0 Å². The van der Waals surface area contributed by atoms with Crippen LogP contribution in [0.3, 0.4) is 0 Å². The van der Waals surface area contributed by atoms with E-state index in [2.05, 4.69) is 0 Å². The summed E-state index contributed by atoms with van der Waals surface area (Å²) >= 11 is 0. The highest BCUT2D eigenvalue weighted by molar-refractivity contribution is 7.90. The molecule has 0 N–H and O–H groups in total. The molecule has 0 fully saturated rings. The van der Waals surface area contributed by atoms with E-state index in [4.69, 9.17) is 4.74 Å². The van der Waals surface area contributed by atoms with Gasteiger partial charge in [0.25, 0.3) is 0 Å². The van der Waals surface area contributed by atoms with Gasteiger partial charge in [-0.1, -0.05) is 0 Å². The van der Waals surface area contributed by atoms with Crippen LogP contribution in [0.1, 0.15) is 6.42 Å². The van der Waals surface area contributed by atoms with Gasteiger partial charge in [-0.15, -0.1) is 0 Å². The van der Waals surface area contributed by atoms with Crippen molar-refractivity contribution in [3.63, 3.8) is 0 Å². The summed E-state index contributed by atoms with van der Waals surface area (Å²) in [5.41, 5.74) is 0. The van der Waals surface area contributed by atoms with E-state index in [0.717, 1.165) is 6.26 Å². The fourth-order valence-electron chi connectivity index (χ4n) is 1.07. The zero-order valence-electron chi connectivity index (χ0n) is 8.99. The highest BCUT2D eigenvalue weighted by atomic mass is 32.2. The molecule has 0 aromatic heterocycles. The number of rotatable bonds is 4. The molecule has 0 atom stereocenters. The van der Waals surface area contributed by atoms with Crippen LogP contribution in [0, 0.1) is 0 Å². The minimum atomic E-state index is -4.26. The lowest BCUT2D eigenvalue weighted by molar-refractivity contribution is -0.139. The Balaban J connectivity index is 2.58. The molecule has 17 heavy (non-hydrogen) atoms. The Kier molecular flexibility index (Phi) is 4.03. The van der Waals surface area contributed by atoms with Crippen molar-refractivity contribution in [1.29, 1.82) is 0 Å². The summed E-state index contributed by atoms with van der Waals surface area (Å²) in [7, 11) is -3.30. The summed E-state index contributed by atoms with van der Waals surface area (Å²) in [5.74, 6) is 0.210. The predicted molar refractivity (Wildman–Crippen MR) is 55.7 cm³/mol. The number of hydrogen-bond acceptors (Lipinski definition) is 3. The molecule has 1 rings (SSSR count). The quantitative estimate of drug-likeness (QED) is 0.842. The second-order valence-corrected chi connectivity index (χ2v) is 5.47. The summed E-state index contributed by atoms with van der Waals surface area (Å²) in [6.45, 7) is -0.484. The Labute approximate surface area is 97.1 Å². The summed E-state index contributed by atoms with van der Waals surface area (Å²) in [5, 5.41) is 0. The molecular weight excluding hydrogens is 257 g/mol. The third-order valence-electron chi connectivity index (χ3n) is 1.91. The van der Waals surface area contributed by atoms with Gasteiger partial charge >= 0.3 is 6.18 Å². The molecular formula is C10H11F3O3S. The van der Waals surface area contributed by atoms with Gasteiger partial charge in [0.1, 0.15) is 5.75 Å². The first-order valence-electron chi connectivity index (χ1n) is 4.68. The van der Waals surface area contributed by atoms with Gasteiger partial charge in [-0.25, -0.2) is 8.42 Å². The zero-order valence-corrected chi connectivity index (χ0v) is 9.81. The maximum Gasteiger partial charge on any atom is 0.392 e. The third kappa shape index (κ3) is 5.08. The number of halogens is 3. The average Bonchev–Trinajstić information content (AvgIpc) is 2.15. The molecule has 0 aliphatic carbocycles. The van der Waals surface area contributed by atoms with E-state index in [9.17, 15) is 21.6 Å². The van der Waals surface area contributed by atoms with Gasteiger partial charge in [-0.2, -0.15) is 13.2 Å². The van der Waals surface area contributed by atoms with Crippen LogP contribution in [-0.4, -0.2) is 27.5 Å². The maximum atomic E-state index is 11.8. The minimum absolute atomic E-state index is 0.0978. The maximum absolute atomic E-state index is 11.8. The molecule has 0 radical (unpaired) electrons. The highest BCUT2D eigenvalue weighted by Crippen LogP contribution is 2.21. The monoisotopic (exact) mass is 268 g/mol. The number of alkyl halides is 3. The normalized spacial score (nSPS) is 12.5. The molecule has 0 saturated carbocycles.